The van der Waals surface area contributed by atoms with Crippen molar-refractivity contribution in [2.75, 3.05) is 0 Å². The van der Waals surface area contributed by atoms with Crippen LogP contribution in [-0.4, -0.2) is 17.2 Å². The summed E-state index contributed by atoms with van der Waals surface area (Å²) in [7, 11) is 0. The fraction of sp³-hybridized carbons (Fsp3) is 0.350. The molecule has 1 unspecified atom stereocenters. The van der Waals surface area contributed by atoms with Crippen LogP contribution in [0.15, 0.2) is 29.8 Å². The molecule has 0 saturated heterocycles. The van der Waals surface area contributed by atoms with Crippen molar-refractivity contribution >= 4 is 12.0 Å². The summed E-state index contributed by atoms with van der Waals surface area (Å²) in [6.45, 7) is 1.31. The van der Waals surface area contributed by atoms with Gasteiger partial charge in [0.2, 0.25) is 0 Å². The summed E-state index contributed by atoms with van der Waals surface area (Å²) in [5.41, 5.74) is 2.30. The maximum absolute atomic E-state index is 11.4. The molecule has 0 radical (unpaired) electrons. The van der Waals surface area contributed by atoms with E-state index in [1.807, 2.05) is 30.3 Å². The summed E-state index contributed by atoms with van der Waals surface area (Å²) in [6.07, 6.45) is 4.78. The van der Waals surface area contributed by atoms with Crippen LogP contribution in [0, 0.1) is 23.7 Å². The normalized spacial score (nSPS) is 19.0. The Morgan fingerprint density at radius 1 is 1.30 bits per heavy atom. The van der Waals surface area contributed by atoms with Gasteiger partial charge in [-0.1, -0.05) is 47.9 Å². The fourth-order valence-corrected chi connectivity index (χ4v) is 2.26. The lowest BCUT2D eigenvalue weighted by Crippen LogP contribution is -2.16. The smallest absolute Gasteiger partial charge is 0.304 e. The zero-order chi connectivity index (χ0) is 16.5. The second-order valence-corrected chi connectivity index (χ2v) is 5.28. The van der Waals surface area contributed by atoms with Crippen LogP contribution in [0.4, 0.5) is 0 Å². The monoisotopic (exact) mass is 308 g/mol. The highest BCUT2D eigenvalue weighted by atomic mass is 16.5. The van der Waals surface area contributed by atoms with Gasteiger partial charge in [0.25, 0.3) is 0 Å². The third-order valence-electron chi connectivity index (χ3n) is 3.42. The molecule has 3 nitrogen and oxygen atoms in total. The van der Waals surface area contributed by atoms with Crippen LogP contribution < -0.4 is 0 Å². The van der Waals surface area contributed by atoms with Gasteiger partial charge in [-0.2, -0.15) is 0 Å². The lowest BCUT2D eigenvalue weighted by Gasteiger charge is -2.12. The molecule has 2 rings (SSSR count). The minimum absolute atomic E-state index is 0.0582. The lowest BCUT2D eigenvalue weighted by atomic mass is 10.0. The Morgan fingerprint density at radius 3 is 2.78 bits per heavy atom. The van der Waals surface area contributed by atoms with Crippen molar-refractivity contribution in [3.05, 3.63) is 41.0 Å². The first-order chi connectivity index (χ1) is 11.2. The van der Waals surface area contributed by atoms with Gasteiger partial charge in [0.05, 0.1) is 12.2 Å². The molecule has 0 bridgehead atoms. The molecule has 1 aromatic carbocycles. The van der Waals surface area contributed by atoms with E-state index in [4.69, 9.17) is 4.74 Å². The van der Waals surface area contributed by atoms with Crippen LogP contribution in [0.1, 0.15) is 43.7 Å². The van der Waals surface area contributed by atoms with Crippen molar-refractivity contribution < 1.29 is 14.6 Å². The average molecular weight is 308 g/mol. The summed E-state index contributed by atoms with van der Waals surface area (Å²) in [5, 5.41) is 9.46. The highest BCUT2D eigenvalue weighted by Gasteiger charge is 2.14. The van der Waals surface area contributed by atoms with Crippen LogP contribution in [0.3, 0.4) is 0 Å². The number of ether oxygens (including phenoxy) is 1. The number of aliphatic hydroxyl groups is 1. The maximum atomic E-state index is 11.4. The van der Waals surface area contributed by atoms with E-state index in [0.29, 0.717) is 5.57 Å². The van der Waals surface area contributed by atoms with E-state index in [-0.39, 0.29) is 12.6 Å². The second kappa shape index (κ2) is 8.83. The number of benzene rings is 1. The molecule has 118 valence electrons. The molecule has 0 heterocycles. The van der Waals surface area contributed by atoms with E-state index in [1.54, 1.807) is 0 Å². The number of rotatable bonds is 3. The Kier molecular flexibility index (Phi) is 6.48. The van der Waals surface area contributed by atoms with Crippen molar-refractivity contribution in [2.45, 2.75) is 45.3 Å². The Bertz CT molecular complexity index is 708. The molecule has 0 saturated carbocycles. The predicted molar refractivity (Wildman–Crippen MR) is 89.9 cm³/mol. The molecule has 0 spiro atoms. The standard InChI is InChI=1S/C20H20O3/c1-16(22)23-20-13-7-5-3-2-4-6-11-18(20)14-17-10-8-9-12-19(17)15-21/h8-10,12,14,20-21H,2-5,15H2,1H3/b18-14+. The lowest BCUT2D eigenvalue weighted by molar-refractivity contribution is -0.142. The number of aliphatic hydroxyl groups excluding tert-OH is 1. The molecule has 1 aromatic rings. The third kappa shape index (κ3) is 5.33. The summed E-state index contributed by atoms with van der Waals surface area (Å²) in [6, 6.07) is 7.52. The molecular weight excluding hydrogens is 288 g/mol. The molecule has 1 aliphatic rings. The SMILES string of the molecule is CC(=O)OC1C#CCCCCC#C/C1=C\c1ccccc1CO. The van der Waals surface area contributed by atoms with E-state index in [1.165, 1.54) is 6.92 Å². The Morgan fingerprint density at radius 2 is 2.04 bits per heavy atom. The third-order valence-corrected chi connectivity index (χ3v) is 3.42. The van der Waals surface area contributed by atoms with Crippen molar-refractivity contribution in [3.8, 4) is 23.7 Å². The summed E-state index contributed by atoms with van der Waals surface area (Å²) in [4.78, 5) is 11.4. The van der Waals surface area contributed by atoms with Gasteiger partial charge < -0.3 is 9.84 Å². The van der Waals surface area contributed by atoms with Crippen LogP contribution in [0.25, 0.3) is 6.08 Å². The topological polar surface area (TPSA) is 46.5 Å². The van der Waals surface area contributed by atoms with Gasteiger partial charge in [-0.25, -0.2) is 0 Å². The van der Waals surface area contributed by atoms with E-state index < -0.39 is 6.10 Å². The van der Waals surface area contributed by atoms with Crippen LogP contribution in [0.2, 0.25) is 0 Å². The molecule has 23 heavy (non-hydrogen) atoms. The van der Waals surface area contributed by atoms with Gasteiger partial charge in [0, 0.05) is 19.8 Å². The quantitative estimate of drug-likeness (QED) is 0.689. The van der Waals surface area contributed by atoms with Gasteiger partial charge in [0.15, 0.2) is 6.10 Å². The highest BCUT2D eigenvalue weighted by molar-refractivity contribution is 5.69. The molecule has 1 N–H and O–H groups in total. The first kappa shape index (κ1) is 16.9. The fourth-order valence-electron chi connectivity index (χ4n) is 2.26. The van der Waals surface area contributed by atoms with E-state index in [0.717, 1.165) is 36.8 Å². The molecule has 1 atom stereocenters. The van der Waals surface area contributed by atoms with Gasteiger partial charge >= 0.3 is 5.97 Å². The number of hydrogen-bond acceptors (Lipinski definition) is 3. The molecule has 0 aromatic heterocycles. The van der Waals surface area contributed by atoms with Gasteiger partial charge in [-0.05, 0) is 30.0 Å². The molecule has 0 fully saturated rings. The van der Waals surface area contributed by atoms with Crippen LogP contribution in [-0.2, 0) is 16.1 Å². The largest absolute Gasteiger partial charge is 0.444 e. The first-order valence-corrected chi connectivity index (χ1v) is 7.75. The zero-order valence-electron chi connectivity index (χ0n) is 13.3. The minimum Gasteiger partial charge on any atom is -0.444 e. The highest BCUT2D eigenvalue weighted by Crippen LogP contribution is 2.17. The number of carbonyl (C=O) groups excluding carboxylic acids is 1. The molecule has 0 aliphatic heterocycles. The van der Waals surface area contributed by atoms with E-state index in [2.05, 4.69) is 23.7 Å². The summed E-state index contributed by atoms with van der Waals surface area (Å²) in [5.74, 6) is 11.9. The van der Waals surface area contributed by atoms with Crippen molar-refractivity contribution in [1.82, 2.24) is 0 Å². The van der Waals surface area contributed by atoms with Crippen molar-refractivity contribution in [1.29, 1.82) is 0 Å². The Balaban J connectivity index is 2.44. The Labute approximate surface area is 137 Å². The molecule has 1 aliphatic carbocycles. The molecular formula is C20H20O3. The summed E-state index contributed by atoms with van der Waals surface area (Å²) >= 11 is 0. The number of esters is 1. The Hall–Kier alpha value is -2.49. The number of hydrogen-bond donors (Lipinski definition) is 1. The van der Waals surface area contributed by atoms with Gasteiger partial charge in [-0.3, -0.25) is 4.79 Å². The van der Waals surface area contributed by atoms with Crippen LogP contribution in [0.5, 0.6) is 0 Å². The maximum Gasteiger partial charge on any atom is 0.304 e. The average Bonchev–Trinajstić information content (AvgIpc) is 2.55. The molecule has 0 amide bonds. The van der Waals surface area contributed by atoms with Crippen molar-refractivity contribution in [3.63, 3.8) is 0 Å². The first-order valence-electron chi connectivity index (χ1n) is 7.75. The number of carbonyl (C=O) groups is 1. The minimum atomic E-state index is -0.662. The van der Waals surface area contributed by atoms with Gasteiger partial charge in [0.1, 0.15) is 0 Å². The summed E-state index contributed by atoms with van der Waals surface area (Å²) < 4.78 is 5.34. The van der Waals surface area contributed by atoms with E-state index >= 15 is 0 Å². The second-order valence-electron chi connectivity index (χ2n) is 5.28. The van der Waals surface area contributed by atoms with E-state index in [9.17, 15) is 9.90 Å². The predicted octanol–water partition coefficient (Wildman–Crippen LogP) is 3.07. The molecule has 3 heteroatoms. The van der Waals surface area contributed by atoms with Gasteiger partial charge in [-0.15, -0.1) is 0 Å². The zero-order valence-corrected chi connectivity index (χ0v) is 13.3. The van der Waals surface area contributed by atoms with Crippen molar-refractivity contribution in [2.24, 2.45) is 0 Å². The van der Waals surface area contributed by atoms with Crippen LogP contribution >= 0.6 is 0 Å².